The Kier molecular flexibility index (Phi) is 8.35. The van der Waals surface area contributed by atoms with E-state index >= 15 is 0 Å². The molecule has 42 heavy (non-hydrogen) atoms. The van der Waals surface area contributed by atoms with Crippen LogP contribution in [0.2, 0.25) is 6.32 Å². The predicted molar refractivity (Wildman–Crippen MR) is 169 cm³/mol. The molecule has 0 spiro atoms. The number of ketones is 2. The van der Waals surface area contributed by atoms with Gasteiger partial charge in [0.2, 0.25) is 0 Å². The summed E-state index contributed by atoms with van der Waals surface area (Å²) in [5.41, 5.74) is 6.14. The first-order valence-electron chi connectivity index (χ1n) is 14.8. The number of fused-ring (bicyclic) bond motifs is 4. The molecule has 0 aromatic heterocycles. The lowest BCUT2D eigenvalue weighted by molar-refractivity contribution is 0.0599. The number of hydrogen-bond acceptors (Lipinski definition) is 5. The first-order chi connectivity index (χ1) is 20.4. The van der Waals surface area contributed by atoms with Crippen molar-refractivity contribution in [2.24, 2.45) is 17.8 Å². The van der Waals surface area contributed by atoms with Gasteiger partial charge in [0.25, 0.3) is 0 Å². The van der Waals surface area contributed by atoms with Gasteiger partial charge in [0, 0.05) is 33.0 Å². The third kappa shape index (κ3) is 5.46. The molecule has 0 bridgehead atoms. The summed E-state index contributed by atoms with van der Waals surface area (Å²) in [6, 6.07) is 22.6. The number of aromatic hydroxyl groups is 1. The molecule has 3 aromatic carbocycles. The molecule has 0 amide bonds. The average molecular weight is 625 g/mol. The topological polar surface area (TPSA) is 83.8 Å². The molecule has 3 aliphatic rings. The maximum absolute atomic E-state index is 13.9. The van der Waals surface area contributed by atoms with E-state index in [4.69, 9.17) is 4.65 Å². The summed E-state index contributed by atoms with van der Waals surface area (Å²) in [4.78, 5) is 27.6. The summed E-state index contributed by atoms with van der Waals surface area (Å²) in [6.45, 7) is 2.13. The highest BCUT2D eigenvalue weighted by atomic mass is 79.9. The van der Waals surface area contributed by atoms with Crippen LogP contribution in [-0.2, 0) is 4.65 Å². The number of benzene rings is 3. The number of phenolic OH excluding ortho intramolecular Hbond substituents is 1. The van der Waals surface area contributed by atoms with Gasteiger partial charge in [-0.1, -0.05) is 89.4 Å². The Hall–Kier alpha value is -3.26. The Bertz CT molecular complexity index is 1580. The van der Waals surface area contributed by atoms with Crippen LogP contribution in [0.15, 0.2) is 88.4 Å². The SMILES string of the molecule is CCCC1=C2[C@@H](CC/C(=C/c3cc(Br)ccc3O)c3ccccc3)OB(O)C[C@@H]2[C@@H]2C(=O)c3ccccc3C(=O)[C@@H]2C1. The molecule has 214 valence electrons. The van der Waals surface area contributed by atoms with Gasteiger partial charge in [-0.25, -0.2) is 0 Å². The molecule has 3 aromatic rings. The Morgan fingerprint density at radius 1 is 1.00 bits per heavy atom. The predicted octanol–water partition coefficient (Wildman–Crippen LogP) is 7.78. The molecule has 5 nitrogen and oxygen atoms in total. The van der Waals surface area contributed by atoms with Gasteiger partial charge in [0.15, 0.2) is 11.6 Å². The van der Waals surface area contributed by atoms with E-state index in [1.54, 1.807) is 24.3 Å². The van der Waals surface area contributed by atoms with Crippen LogP contribution in [0.1, 0.15) is 70.9 Å². The molecular formula is C35H34BBrO5. The number of hydrogen-bond donors (Lipinski definition) is 2. The molecule has 4 atom stereocenters. The number of halogens is 1. The summed E-state index contributed by atoms with van der Waals surface area (Å²) in [5.74, 6) is -0.857. The number of rotatable bonds is 7. The fraction of sp³-hybridized carbons (Fsp3) is 0.314. The molecule has 1 fully saturated rings. The van der Waals surface area contributed by atoms with Crippen molar-refractivity contribution in [1.82, 2.24) is 0 Å². The molecular weight excluding hydrogens is 591 g/mol. The van der Waals surface area contributed by atoms with Gasteiger partial charge < -0.3 is 14.8 Å². The van der Waals surface area contributed by atoms with Gasteiger partial charge >= 0.3 is 7.12 Å². The highest BCUT2D eigenvalue weighted by Crippen LogP contribution is 2.51. The van der Waals surface area contributed by atoms with Gasteiger partial charge in [-0.2, -0.15) is 0 Å². The largest absolute Gasteiger partial charge is 0.507 e. The summed E-state index contributed by atoms with van der Waals surface area (Å²) in [5, 5.41) is 21.5. The third-order valence-electron chi connectivity index (χ3n) is 9.05. The zero-order chi connectivity index (χ0) is 29.4. The van der Waals surface area contributed by atoms with E-state index in [2.05, 4.69) is 35.0 Å². The first kappa shape index (κ1) is 28.8. The van der Waals surface area contributed by atoms with E-state index in [0.29, 0.717) is 42.3 Å². The quantitative estimate of drug-likeness (QED) is 0.159. The number of allylic oxidation sites excluding steroid dienone is 2. The fourth-order valence-electron chi connectivity index (χ4n) is 7.27. The minimum absolute atomic E-state index is 0.0103. The maximum Gasteiger partial charge on any atom is 0.455 e. The molecule has 7 heteroatoms. The number of Topliss-reactive ketones (excluding diaryl/α,β-unsaturated/α-hetero) is 2. The van der Waals surface area contributed by atoms with Crippen molar-refractivity contribution >= 4 is 46.3 Å². The van der Waals surface area contributed by atoms with Crippen LogP contribution < -0.4 is 0 Å². The molecule has 1 saturated heterocycles. The van der Waals surface area contributed by atoms with Crippen LogP contribution >= 0.6 is 15.9 Å². The van der Waals surface area contributed by atoms with Crippen molar-refractivity contribution in [2.75, 3.05) is 0 Å². The van der Waals surface area contributed by atoms with Crippen molar-refractivity contribution in [3.63, 3.8) is 0 Å². The highest BCUT2D eigenvalue weighted by Gasteiger charge is 2.53. The van der Waals surface area contributed by atoms with Gasteiger partial charge in [-0.05, 0) is 78.9 Å². The Balaban J connectivity index is 1.37. The van der Waals surface area contributed by atoms with Crippen molar-refractivity contribution in [3.8, 4) is 5.75 Å². The number of carbonyl (C=O) groups is 2. The van der Waals surface area contributed by atoms with Crippen molar-refractivity contribution in [1.29, 1.82) is 0 Å². The van der Waals surface area contributed by atoms with Crippen molar-refractivity contribution in [2.45, 2.75) is 51.5 Å². The van der Waals surface area contributed by atoms with Crippen LogP contribution in [-0.4, -0.2) is 34.9 Å². The van der Waals surface area contributed by atoms with Crippen LogP contribution in [0, 0.1) is 17.8 Å². The van der Waals surface area contributed by atoms with Crippen LogP contribution in [0.4, 0.5) is 0 Å². The summed E-state index contributed by atoms with van der Waals surface area (Å²) >= 11 is 3.51. The zero-order valence-electron chi connectivity index (χ0n) is 23.6. The third-order valence-corrected chi connectivity index (χ3v) is 9.55. The second kappa shape index (κ2) is 12.2. The Morgan fingerprint density at radius 2 is 1.71 bits per heavy atom. The van der Waals surface area contributed by atoms with Crippen LogP contribution in [0.25, 0.3) is 11.6 Å². The summed E-state index contributed by atoms with van der Waals surface area (Å²) in [6.07, 6.45) is 5.50. The lowest BCUT2D eigenvalue weighted by atomic mass is 9.54. The normalized spacial score (nSPS) is 23.9. The van der Waals surface area contributed by atoms with E-state index in [-0.39, 0.29) is 29.3 Å². The molecule has 2 N–H and O–H groups in total. The maximum atomic E-state index is 13.9. The molecule has 0 unspecified atom stereocenters. The van der Waals surface area contributed by atoms with E-state index in [1.165, 1.54) is 5.57 Å². The van der Waals surface area contributed by atoms with Crippen LogP contribution in [0.3, 0.4) is 0 Å². The summed E-state index contributed by atoms with van der Waals surface area (Å²) in [7, 11) is -1.01. The van der Waals surface area contributed by atoms with Crippen molar-refractivity contribution in [3.05, 3.63) is 111 Å². The van der Waals surface area contributed by atoms with Gasteiger partial charge in [0.1, 0.15) is 5.75 Å². The molecule has 1 aliphatic heterocycles. The average Bonchev–Trinajstić information content (AvgIpc) is 2.99. The lowest BCUT2D eigenvalue weighted by Crippen LogP contribution is -2.50. The standard InChI is InChI=1S/C35H34BBrO5/c1-2-8-23-19-28-33(35(40)27-12-7-6-11-26(27)34(28)39)29-20-36(41)42-31(32(23)29)16-13-22(21-9-4-3-5-10-21)17-24-18-25(37)14-15-30(24)38/h3-7,9-12,14-15,17-18,28-29,31,33,38,41H,2,8,13,16,19-20H2,1H3/b22-17-/t28-,29+,31-,33-/m1/s1. The number of phenols is 1. The first-order valence-corrected chi connectivity index (χ1v) is 15.6. The second-order valence-corrected chi connectivity index (χ2v) is 12.5. The van der Waals surface area contributed by atoms with Crippen molar-refractivity contribution < 1.29 is 24.4 Å². The summed E-state index contributed by atoms with van der Waals surface area (Å²) < 4.78 is 7.12. The Labute approximate surface area is 255 Å². The molecule has 0 radical (unpaired) electrons. The smallest absolute Gasteiger partial charge is 0.455 e. The lowest BCUT2D eigenvalue weighted by Gasteiger charge is -2.47. The Morgan fingerprint density at radius 3 is 2.45 bits per heavy atom. The fourth-order valence-corrected chi connectivity index (χ4v) is 7.65. The zero-order valence-corrected chi connectivity index (χ0v) is 25.2. The molecule has 6 rings (SSSR count). The monoisotopic (exact) mass is 624 g/mol. The van der Waals surface area contributed by atoms with E-state index in [0.717, 1.165) is 34.0 Å². The van der Waals surface area contributed by atoms with Gasteiger partial charge in [-0.15, -0.1) is 0 Å². The van der Waals surface area contributed by atoms with Crippen LogP contribution in [0.5, 0.6) is 5.75 Å². The van der Waals surface area contributed by atoms with E-state index in [9.17, 15) is 19.7 Å². The van der Waals surface area contributed by atoms with E-state index < -0.39 is 19.0 Å². The number of carbonyl (C=O) groups excluding carboxylic acids is 2. The van der Waals surface area contributed by atoms with Gasteiger partial charge in [0.05, 0.1) is 6.10 Å². The van der Waals surface area contributed by atoms with E-state index in [1.807, 2.05) is 42.5 Å². The minimum atomic E-state index is -1.01. The second-order valence-electron chi connectivity index (χ2n) is 11.6. The molecule has 0 saturated carbocycles. The molecule has 2 aliphatic carbocycles. The minimum Gasteiger partial charge on any atom is -0.507 e. The van der Waals surface area contributed by atoms with Gasteiger partial charge in [-0.3, -0.25) is 9.59 Å². The highest BCUT2D eigenvalue weighted by molar-refractivity contribution is 9.10. The molecule has 1 heterocycles.